The first-order valence-electron chi connectivity index (χ1n) is 5.45. The van der Waals surface area contributed by atoms with Crippen molar-refractivity contribution in [2.24, 2.45) is 0 Å². The molecule has 0 unspecified atom stereocenters. The molecule has 0 fully saturated rings. The molecule has 2 rings (SSSR count). The van der Waals surface area contributed by atoms with Gasteiger partial charge in [0.15, 0.2) is 0 Å². The van der Waals surface area contributed by atoms with Crippen molar-refractivity contribution in [1.82, 2.24) is 14.8 Å². The maximum absolute atomic E-state index is 4.37. The fourth-order valence-corrected chi connectivity index (χ4v) is 1.52. The van der Waals surface area contributed by atoms with Gasteiger partial charge in [0.2, 0.25) is 0 Å². The Kier molecular flexibility index (Phi) is 2.54. The summed E-state index contributed by atoms with van der Waals surface area (Å²) in [7, 11) is 0. The average molecular weight is 215 g/mol. The van der Waals surface area contributed by atoms with Gasteiger partial charge in [0.1, 0.15) is 0 Å². The van der Waals surface area contributed by atoms with E-state index in [9.17, 15) is 0 Å². The molecule has 0 N–H and O–H groups in total. The average Bonchev–Trinajstić information content (AvgIpc) is 2.65. The van der Waals surface area contributed by atoms with Crippen LogP contribution in [0, 0.1) is 6.92 Å². The predicted molar refractivity (Wildman–Crippen MR) is 65.2 cm³/mol. The van der Waals surface area contributed by atoms with Crippen LogP contribution in [0.4, 0.5) is 0 Å². The SMILES string of the molecule is Cc1ccnc(-c2cnn(C(C)(C)C)c2)c1. The third-order valence-electron chi connectivity index (χ3n) is 2.48. The van der Waals surface area contributed by atoms with Crippen molar-refractivity contribution < 1.29 is 0 Å². The highest BCUT2D eigenvalue weighted by molar-refractivity contribution is 5.57. The summed E-state index contributed by atoms with van der Waals surface area (Å²) in [6.45, 7) is 8.47. The summed E-state index contributed by atoms with van der Waals surface area (Å²) in [4.78, 5) is 4.35. The van der Waals surface area contributed by atoms with Crippen LogP contribution in [0.25, 0.3) is 11.3 Å². The molecule has 3 nitrogen and oxygen atoms in total. The number of pyridine rings is 1. The molecule has 0 aliphatic heterocycles. The Bertz CT molecular complexity index is 492. The molecule has 0 aliphatic rings. The Morgan fingerprint density at radius 2 is 2.00 bits per heavy atom. The third-order valence-corrected chi connectivity index (χ3v) is 2.48. The normalized spacial score (nSPS) is 11.8. The largest absolute Gasteiger partial charge is 0.267 e. The molecule has 0 saturated carbocycles. The van der Waals surface area contributed by atoms with Crippen LogP contribution in [0.15, 0.2) is 30.7 Å². The smallest absolute Gasteiger partial charge is 0.0736 e. The Morgan fingerprint density at radius 1 is 1.25 bits per heavy atom. The quantitative estimate of drug-likeness (QED) is 0.732. The molecule has 3 heteroatoms. The van der Waals surface area contributed by atoms with E-state index in [1.54, 1.807) is 0 Å². The molecule has 0 aromatic carbocycles. The van der Waals surface area contributed by atoms with E-state index in [2.05, 4.69) is 43.8 Å². The summed E-state index contributed by atoms with van der Waals surface area (Å²) >= 11 is 0. The van der Waals surface area contributed by atoms with Crippen molar-refractivity contribution in [2.45, 2.75) is 33.2 Å². The highest BCUT2D eigenvalue weighted by Crippen LogP contribution is 2.20. The molecule has 84 valence electrons. The Balaban J connectivity index is 2.39. The van der Waals surface area contributed by atoms with Crippen molar-refractivity contribution in [3.63, 3.8) is 0 Å². The highest BCUT2D eigenvalue weighted by atomic mass is 15.3. The van der Waals surface area contributed by atoms with Crippen LogP contribution >= 0.6 is 0 Å². The van der Waals surface area contributed by atoms with E-state index < -0.39 is 0 Å². The second kappa shape index (κ2) is 3.74. The van der Waals surface area contributed by atoms with Crippen LogP contribution in [-0.4, -0.2) is 14.8 Å². The summed E-state index contributed by atoms with van der Waals surface area (Å²) in [5.41, 5.74) is 3.28. The first kappa shape index (κ1) is 10.9. The standard InChI is InChI=1S/C13H17N3/c1-10-5-6-14-12(7-10)11-8-15-16(9-11)13(2,3)4/h5-9H,1-4H3. The van der Waals surface area contributed by atoms with Crippen molar-refractivity contribution in [2.75, 3.05) is 0 Å². The van der Waals surface area contributed by atoms with Gasteiger partial charge in [-0.3, -0.25) is 9.67 Å². The predicted octanol–water partition coefficient (Wildman–Crippen LogP) is 3.01. The molecule has 2 aromatic rings. The Labute approximate surface area is 96.1 Å². The van der Waals surface area contributed by atoms with Gasteiger partial charge in [-0.1, -0.05) is 0 Å². The minimum atomic E-state index is 0.0159. The molecule has 0 spiro atoms. The summed E-state index contributed by atoms with van der Waals surface area (Å²) in [6, 6.07) is 4.07. The summed E-state index contributed by atoms with van der Waals surface area (Å²) < 4.78 is 1.96. The van der Waals surface area contributed by atoms with E-state index in [0.29, 0.717) is 0 Å². The highest BCUT2D eigenvalue weighted by Gasteiger charge is 2.14. The van der Waals surface area contributed by atoms with Gasteiger partial charge in [-0.2, -0.15) is 5.10 Å². The maximum Gasteiger partial charge on any atom is 0.0736 e. The van der Waals surface area contributed by atoms with Gasteiger partial charge >= 0.3 is 0 Å². The number of hydrogen-bond acceptors (Lipinski definition) is 2. The van der Waals surface area contributed by atoms with Crippen LogP contribution in [0.2, 0.25) is 0 Å². The number of aromatic nitrogens is 3. The van der Waals surface area contributed by atoms with E-state index in [-0.39, 0.29) is 5.54 Å². The number of aryl methyl sites for hydroxylation is 1. The molecular weight excluding hydrogens is 198 g/mol. The summed E-state index contributed by atoms with van der Waals surface area (Å²) in [5, 5.41) is 4.37. The van der Waals surface area contributed by atoms with Crippen LogP contribution in [0.5, 0.6) is 0 Å². The van der Waals surface area contributed by atoms with E-state index in [1.165, 1.54) is 5.56 Å². The lowest BCUT2D eigenvalue weighted by Gasteiger charge is -2.18. The van der Waals surface area contributed by atoms with Gasteiger partial charge in [-0.25, -0.2) is 0 Å². The van der Waals surface area contributed by atoms with Gasteiger partial charge in [0.05, 0.1) is 17.4 Å². The van der Waals surface area contributed by atoms with E-state index in [0.717, 1.165) is 11.3 Å². The second-order valence-corrected chi connectivity index (χ2v) is 5.06. The van der Waals surface area contributed by atoms with Crippen molar-refractivity contribution in [3.8, 4) is 11.3 Å². The maximum atomic E-state index is 4.37. The van der Waals surface area contributed by atoms with Gasteiger partial charge in [0, 0.05) is 18.0 Å². The molecule has 0 aliphatic carbocycles. The van der Waals surface area contributed by atoms with Gasteiger partial charge in [0.25, 0.3) is 0 Å². The minimum absolute atomic E-state index is 0.0159. The fraction of sp³-hybridized carbons (Fsp3) is 0.385. The van der Waals surface area contributed by atoms with Gasteiger partial charge in [-0.15, -0.1) is 0 Å². The molecule has 0 amide bonds. The van der Waals surface area contributed by atoms with Crippen molar-refractivity contribution >= 4 is 0 Å². The molecule has 0 bridgehead atoms. The van der Waals surface area contributed by atoms with Gasteiger partial charge < -0.3 is 0 Å². The fourth-order valence-electron chi connectivity index (χ4n) is 1.52. The third kappa shape index (κ3) is 2.13. The van der Waals surface area contributed by atoms with Gasteiger partial charge in [-0.05, 0) is 45.4 Å². The number of rotatable bonds is 1. The van der Waals surface area contributed by atoms with Crippen molar-refractivity contribution in [1.29, 1.82) is 0 Å². The monoisotopic (exact) mass is 215 g/mol. The first-order valence-corrected chi connectivity index (χ1v) is 5.45. The summed E-state index contributed by atoms with van der Waals surface area (Å²) in [6.07, 6.45) is 5.74. The van der Waals surface area contributed by atoms with Crippen LogP contribution in [-0.2, 0) is 5.54 Å². The molecule has 16 heavy (non-hydrogen) atoms. The molecule has 0 atom stereocenters. The van der Waals surface area contributed by atoms with Crippen molar-refractivity contribution in [3.05, 3.63) is 36.3 Å². The van der Waals surface area contributed by atoms with Crippen LogP contribution in [0.1, 0.15) is 26.3 Å². The molecule has 2 heterocycles. The number of hydrogen-bond donors (Lipinski definition) is 0. The molecule has 0 saturated heterocycles. The van der Waals surface area contributed by atoms with E-state index in [1.807, 2.05) is 29.3 Å². The lowest BCUT2D eigenvalue weighted by molar-refractivity contribution is 0.355. The van der Waals surface area contributed by atoms with Crippen LogP contribution in [0.3, 0.4) is 0 Å². The molecular formula is C13H17N3. The first-order chi connectivity index (χ1) is 7.47. The molecule has 2 aromatic heterocycles. The Hall–Kier alpha value is -1.64. The molecule has 0 radical (unpaired) electrons. The topological polar surface area (TPSA) is 30.7 Å². The second-order valence-electron chi connectivity index (χ2n) is 5.06. The zero-order valence-corrected chi connectivity index (χ0v) is 10.2. The zero-order chi connectivity index (χ0) is 11.8. The zero-order valence-electron chi connectivity index (χ0n) is 10.2. The number of nitrogens with zero attached hydrogens (tertiary/aromatic N) is 3. The van der Waals surface area contributed by atoms with Crippen LogP contribution < -0.4 is 0 Å². The lowest BCUT2D eigenvalue weighted by atomic mass is 10.1. The minimum Gasteiger partial charge on any atom is -0.267 e. The lowest BCUT2D eigenvalue weighted by Crippen LogP contribution is -2.21. The Morgan fingerprint density at radius 3 is 2.56 bits per heavy atom. The van der Waals surface area contributed by atoms with E-state index in [4.69, 9.17) is 0 Å². The summed E-state index contributed by atoms with van der Waals surface area (Å²) in [5.74, 6) is 0. The van der Waals surface area contributed by atoms with E-state index >= 15 is 0 Å².